The van der Waals surface area contributed by atoms with E-state index in [2.05, 4.69) is 10.3 Å². The Balaban J connectivity index is 1.42. The Kier molecular flexibility index (Phi) is 6.34. The number of nitro benzene ring substituents is 1. The normalized spacial score (nSPS) is 17.9. The first kappa shape index (κ1) is 23.5. The largest absolute Gasteiger partial charge is 0.417 e. The Morgan fingerprint density at radius 2 is 1.91 bits per heavy atom. The number of ether oxygens (including phenoxy) is 1. The molecular formula is C20H19ClF3N5O3S. The molecule has 3 heterocycles. The zero-order valence-electron chi connectivity index (χ0n) is 17.1. The topological polar surface area (TPSA) is 83.8 Å². The lowest BCUT2D eigenvalue weighted by molar-refractivity contribution is -0.384. The van der Waals surface area contributed by atoms with Crippen molar-refractivity contribution in [2.24, 2.45) is 0 Å². The SMILES string of the molecule is O=[N+]([O-])c1ccc(NC(=S)N2CCOC23CCN(c2ncc(C(F)(F)F)cc2Cl)CC3)cc1. The summed E-state index contributed by atoms with van der Waals surface area (Å²) in [5.41, 5.74) is -0.946. The molecule has 0 amide bonds. The molecule has 13 heteroatoms. The van der Waals surface area contributed by atoms with Gasteiger partial charge in [-0.05, 0) is 30.4 Å². The third-order valence-electron chi connectivity index (χ3n) is 5.75. The molecule has 0 unspecified atom stereocenters. The van der Waals surface area contributed by atoms with Gasteiger partial charge in [0.15, 0.2) is 5.11 Å². The smallest absolute Gasteiger partial charge is 0.355 e. The molecule has 2 aliphatic heterocycles. The van der Waals surface area contributed by atoms with Crippen molar-refractivity contribution in [2.75, 3.05) is 36.5 Å². The number of aromatic nitrogens is 1. The maximum atomic E-state index is 12.9. The summed E-state index contributed by atoms with van der Waals surface area (Å²) in [6.07, 6.45) is -2.65. The lowest BCUT2D eigenvalue weighted by Gasteiger charge is -2.44. The first-order valence-corrected chi connectivity index (χ1v) is 10.8. The number of thiocarbonyl (C=S) groups is 1. The van der Waals surface area contributed by atoms with Crippen LogP contribution in [0.25, 0.3) is 0 Å². The van der Waals surface area contributed by atoms with Crippen molar-refractivity contribution in [3.63, 3.8) is 0 Å². The molecule has 0 radical (unpaired) electrons. The van der Waals surface area contributed by atoms with E-state index in [0.717, 1.165) is 12.3 Å². The second-order valence-corrected chi connectivity index (χ2v) is 8.49. The average molecular weight is 502 g/mol. The van der Waals surface area contributed by atoms with Crippen LogP contribution in [-0.2, 0) is 10.9 Å². The highest BCUT2D eigenvalue weighted by molar-refractivity contribution is 7.80. The summed E-state index contributed by atoms with van der Waals surface area (Å²) in [4.78, 5) is 18.1. The van der Waals surface area contributed by atoms with Crippen molar-refractivity contribution in [2.45, 2.75) is 24.7 Å². The first-order chi connectivity index (χ1) is 15.6. The molecular weight excluding hydrogens is 483 g/mol. The third kappa shape index (κ3) is 4.82. The quantitative estimate of drug-likeness (QED) is 0.368. The second kappa shape index (κ2) is 8.92. The Labute approximate surface area is 197 Å². The van der Waals surface area contributed by atoms with Gasteiger partial charge < -0.3 is 19.9 Å². The average Bonchev–Trinajstić information content (AvgIpc) is 3.17. The molecule has 0 bridgehead atoms. The number of nitrogens with zero attached hydrogens (tertiary/aromatic N) is 4. The monoisotopic (exact) mass is 501 g/mol. The molecule has 1 N–H and O–H groups in total. The van der Waals surface area contributed by atoms with Crippen LogP contribution in [0.5, 0.6) is 0 Å². The van der Waals surface area contributed by atoms with Crippen molar-refractivity contribution in [3.05, 3.63) is 57.2 Å². The van der Waals surface area contributed by atoms with Crippen LogP contribution < -0.4 is 10.2 Å². The summed E-state index contributed by atoms with van der Waals surface area (Å²) >= 11 is 11.7. The van der Waals surface area contributed by atoms with Gasteiger partial charge >= 0.3 is 6.18 Å². The molecule has 2 aliphatic rings. The van der Waals surface area contributed by atoms with Crippen molar-refractivity contribution in [1.29, 1.82) is 0 Å². The number of alkyl halides is 3. The zero-order chi connectivity index (χ0) is 23.8. The van der Waals surface area contributed by atoms with E-state index >= 15 is 0 Å². The van der Waals surface area contributed by atoms with Crippen LogP contribution in [0.4, 0.5) is 30.4 Å². The number of hydrogen-bond donors (Lipinski definition) is 1. The molecule has 1 aromatic carbocycles. The number of anilines is 2. The van der Waals surface area contributed by atoms with E-state index in [0.29, 0.717) is 55.7 Å². The van der Waals surface area contributed by atoms with E-state index in [-0.39, 0.29) is 10.7 Å². The number of piperidine rings is 1. The lowest BCUT2D eigenvalue weighted by atomic mass is 9.99. The van der Waals surface area contributed by atoms with Crippen LogP contribution in [0.1, 0.15) is 18.4 Å². The van der Waals surface area contributed by atoms with Gasteiger partial charge in [-0.1, -0.05) is 11.6 Å². The van der Waals surface area contributed by atoms with E-state index in [4.69, 9.17) is 28.6 Å². The highest BCUT2D eigenvalue weighted by Crippen LogP contribution is 2.38. The van der Waals surface area contributed by atoms with Gasteiger partial charge in [-0.25, -0.2) is 4.98 Å². The molecule has 2 fully saturated rings. The Hall–Kier alpha value is -2.70. The fraction of sp³-hybridized carbons (Fsp3) is 0.400. The number of hydrogen-bond acceptors (Lipinski definition) is 6. The molecule has 2 saturated heterocycles. The summed E-state index contributed by atoms with van der Waals surface area (Å²) in [6, 6.07) is 6.82. The van der Waals surface area contributed by atoms with Crippen molar-refractivity contribution >= 4 is 46.1 Å². The van der Waals surface area contributed by atoms with E-state index in [9.17, 15) is 23.3 Å². The zero-order valence-corrected chi connectivity index (χ0v) is 18.7. The van der Waals surface area contributed by atoms with Crippen LogP contribution in [-0.4, -0.2) is 51.9 Å². The fourth-order valence-corrected chi connectivity index (χ4v) is 4.71. The van der Waals surface area contributed by atoms with Gasteiger partial charge in [-0.3, -0.25) is 10.1 Å². The van der Waals surface area contributed by atoms with Gasteiger partial charge in [0.1, 0.15) is 11.5 Å². The second-order valence-electron chi connectivity index (χ2n) is 7.69. The summed E-state index contributed by atoms with van der Waals surface area (Å²) in [5, 5.41) is 14.3. The van der Waals surface area contributed by atoms with E-state index < -0.39 is 22.4 Å². The van der Waals surface area contributed by atoms with Crippen molar-refractivity contribution in [3.8, 4) is 0 Å². The first-order valence-electron chi connectivity index (χ1n) is 10.0. The van der Waals surface area contributed by atoms with Gasteiger partial charge in [0, 0.05) is 56.5 Å². The molecule has 0 aliphatic carbocycles. The maximum absolute atomic E-state index is 12.9. The number of pyridine rings is 1. The number of rotatable bonds is 3. The molecule has 8 nitrogen and oxygen atoms in total. The van der Waals surface area contributed by atoms with E-state index in [1.165, 1.54) is 12.1 Å². The van der Waals surface area contributed by atoms with E-state index in [1.807, 2.05) is 9.80 Å². The fourth-order valence-electron chi connectivity index (χ4n) is 4.05. The minimum atomic E-state index is -4.51. The maximum Gasteiger partial charge on any atom is 0.417 e. The van der Waals surface area contributed by atoms with Gasteiger partial charge in [-0.15, -0.1) is 0 Å². The molecule has 33 heavy (non-hydrogen) atoms. The predicted octanol–water partition coefficient (Wildman–Crippen LogP) is 4.69. The van der Waals surface area contributed by atoms with Crippen molar-refractivity contribution < 1.29 is 22.8 Å². The van der Waals surface area contributed by atoms with Gasteiger partial charge in [0.05, 0.1) is 22.1 Å². The molecule has 1 spiro atoms. The Bertz CT molecular complexity index is 1060. The van der Waals surface area contributed by atoms with Crippen LogP contribution >= 0.6 is 23.8 Å². The molecule has 4 rings (SSSR count). The molecule has 0 atom stereocenters. The van der Waals surface area contributed by atoms with Crippen molar-refractivity contribution in [1.82, 2.24) is 9.88 Å². The highest BCUT2D eigenvalue weighted by Gasteiger charge is 2.46. The Morgan fingerprint density at radius 3 is 2.48 bits per heavy atom. The Morgan fingerprint density at radius 1 is 1.24 bits per heavy atom. The molecule has 1 aromatic heterocycles. The van der Waals surface area contributed by atoms with E-state index in [1.54, 1.807) is 12.1 Å². The number of non-ortho nitro benzene ring substituents is 1. The minimum Gasteiger partial charge on any atom is -0.355 e. The summed E-state index contributed by atoms with van der Waals surface area (Å²) in [6.45, 7) is 1.98. The summed E-state index contributed by atoms with van der Waals surface area (Å²) < 4.78 is 44.7. The van der Waals surface area contributed by atoms with Crippen LogP contribution in [0.2, 0.25) is 5.02 Å². The molecule has 0 saturated carbocycles. The van der Waals surface area contributed by atoms with Crippen LogP contribution in [0.3, 0.4) is 0 Å². The standard InChI is InChI=1S/C20H19ClF3N5O3S/c21-16-11-13(20(22,23)24)12-25-17(16)27-7-5-19(6-8-27)28(9-10-32-19)18(33)26-14-1-3-15(4-2-14)29(30)31/h1-4,11-12H,5-10H2,(H,26,33). The van der Waals surface area contributed by atoms with Gasteiger partial charge in [0.2, 0.25) is 0 Å². The number of halogens is 4. The molecule has 176 valence electrons. The highest BCUT2D eigenvalue weighted by atomic mass is 35.5. The summed E-state index contributed by atoms with van der Waals surface area (Å²) in [7, 11) is 0. The number of benzene rings is 1. The lowest BCUT2D eigenvalue weighted by Crippen LogP contribution is -2.56. The van der Waals surface area contributed by atoms with Gasteiger partial charge in [-0.2, -0.15) is 13.2 Å². The summed E-state index contributed by atoms with van der Waals surface area (Å²) in [5.74, 6) is 0.302. The predicted molar refractivity (Wildman–Crippen MR) is 120 cm³/mol. The third-order valence-corrected chi connectivity index (χ3v) is 6.35. The molecule has 2 aromatic rings. The van der Waals surface area contributed by atoms with Crippen LogP contribution in [0, 0.1) is 10.1 Å². The number of nitrogens with one attached hydrogen (secondary N) is 1. The number of nitro groups is 1. The minimum absolute atomic E-state index is 0.0182. The van der Waals surface area contributed by atoms with Gasteiger partial charge in [0.25, 0.3) is 5.69 Å². The van der Waals surface area contributed by atoms with Crippen LogP contribution in [0.15, 0.2) is 36.5 Å².